The summed E-state index contributed by atoms with van der Waals surface area (Å²) in [7, 11) is 0. The molecule has 0 unspecified atom stereocenters. The molecule has 0 radical (unpaired) electrons. The highest BCUT2D eigenvalue weighted by Crippen LogP contribution is 2.20. The van der Waals surface area contributed by atoms with E-state index in [4.69, 9.17) is 0 Å². The first-order chi connectivity index (χ1) is 8.47. The molecule has 0 spiro atoms. The van der Waals surface area contributed by atoms with Crippen molar-refractivity contribution in [2.45, 2.75) is 46.6 Å². The summed E-state index contributed by atoms with van der Waals surface area (Å²) in [6.07, 6.45) is 1.01. The molecule has 0 fully saturated rings. The number of hydrogen-bond donors (Lipinski definition) is 0. The molecule has 2 nitrogen and oxygen atoms in total. The van der Waals surface area contributed by atoms with Gasteiger partial charge in [0.25, 0.3) is 0 Å². The van der Waals surface area contributed by atoms with Crippen LogP contribution in [-0.2, 0) is 6.42 Å². The van der Waals surface area contributed by atoms with Gasteiger partial charge in [0.05, 0.1) is 5.54 Å². The SMILES string of the molecule is CCc1ccc(C(=O)C(C)(C)N(CC)CC)cc1. The normalized spacial score (nSPS) is 11.9. The van der Waals surface area contributed by atoms with Crippen LogP contribution >= 0.6 is 0 Å². The van der Waals surface area contributed by atoms with E-state index >= 15 is 0 Å². The van der Waals surface area contributed by atoms with Crippen molar-refractivity contribution in [3.05, 3.63) is 35.4 Å². The van der Waals surface area contributed by atoms with Crippen LogP contribution in [0.2, 0.25) is 0 Å². The smallest absolute Gasteiger partial charge is 0.182 e. The lowest BCUT2D eigenvalue weighted by molar-refractivity contribution is 0.0669. The van der Waals surface area contributed by atoms with Gasteiger partial charge < -0.3 is 0 Å². The van der Waals surface area contributed by atoms with Crippen molar-refractivity contribution in [3.8, 4) is 0 Å². The monoisotopic (exact) mass is 247 g/mol. The topological polar surface area (TPSA) is 20.3 Å². The first kappa shape index (κ1) is 14.9. The molecular weight excluding hydrogens is 222 g/mol. The van der Waals surface area contributed by atoms with Crippen molar-refractivity contribution in [3.63, 3.8) is 0 Å². The summed E-state index contributed by atoms with van der Waals surface area (Å²) >= 11 is 0. The minimum Gasteiger partial charge on any atom is -0.292 e. The number of benzene rings is 1. The van der Waals surface area contributed by atoms with Crippen LogP contribution in [0.1, 0.15) is 50.5 Å². The van der Waals surface area contributed by atoms with E-state index in [1.54, 1.807) is 0 Å². The Labute approximate surface area is 111 Å². The number of likely N-dealkylation sites (N-methyl/N-ethyl adjacent to an activating group) is 1. The number of aryl methyl sites for hydroxylation is 1. The quantitative estimate of drug-likeness (QED) is 0.716. The number of nitrogens with zero attached hydrogens (tertiary/aromatic N) is 1. The van der Waals surface area contributed by atoms with Gasteiger partial charge in [0.15, 0.2) is 5.78 Å². The first-order valence-corrected chi connectivity index (χ1v) is 6.86. The molecule has 1 aromatic carbocycles. The molecule has 0 aliphatic heterocycles. The number of carbonyl (C=O) groups excluding carboxylic acids is 1. The highest BCUT2D eigenvalue weighted by atomic mass is 16.1. The largest absolute Gasteiger partial charge is 0.292 e. The summed E-state index contributed by atoms with van der Waals surface area (Å²) in [6, 6.07) is 8.00. The fraction of sp³-hybridized carbons (Fsp3) is 0.562. The summed E-state index contributed by atoms with van der Waals surface area (Å²) in [5.41, 5.74) is 1.65. The van der Waals surface area contributed by atoms with Gasteiger partial charge >= 0.3 is 0 Å². The van der Waals surface area contributed by atoms with Crippen LogP contribution in [-0.4, -0.2) is 29.3 Å². The second-order valence-electron chi connectivity index (χ2n) is 5.11. The Balaban J connectivity index is 2.97. The molecule has 0 aliphatic carbocycles. The summed E-state index contributed by atoms with van der Waals surface area (Å²) in [5.74, 6) is 0.203. The summed E-state index contributed by atoms with van der Waals surface area (Å²) in [4.78, 5) is 14.8. The van der Waals surface area contributed by atoms with Crippen molar-refractivity contribution in [2.75, 3.05) is 13.1 Å². The van der Waals surface area contributed by atoms with E-state index in [1.807, 2.05) is 38.1 Å². The van der Waals surface area contributed by atoms with Crippen LogP contribution < -0.4 is 0 Å². The van der Waals surface area contributed by atoms with Gasteiger partial charge in [-0.3, -0.25) is 9.69 Å². The maximum absolute atomic E-state index is 12.6. The Morgan fingerprint density at radius 1 is 1.06 bits per heavy atom. The van der Waals surface area contributed by atoms with Gasteiger partial charge in [-0.2, -0.15) is 0 Å². The fourth-order valence-corrected chi connectivity index (χ4v) is 2.40. The van der Waals surface area contributed by atoms with E-state index in [1.165, 1.54) is 5.56 Å². The van der Waals surface area contributed by atoms with E-state index in [-0.39, 0.29) is 5.78 Å². The maximum atomic E-state index is 12.6. The summed E-state index contributed by atoms with van der Waals surface area (Å²) in [5, 5.41) is 0. The highest BCUT2D eigenvalue weighted by Gasteiger charge is 2.33. The number of Topliss-reactive ketones (excluding diaryl/α,β-unsaturated/α-hetero) is 1. The van der Waals surface area contributed by atoms with Crippen LogP contribution in [0.15, 0.2) is 24.3 Å². The van der Waals surface area contributed by atoms with Gasteiger partial charge in [-0.1, -0.05) is 45.0 Å². The molecular formula is C16H25NO. The minimum atomic E-state index is -0.433. The molecule has 18 heavy (non-hydrogen) atoms. The lowest BCUT2D eigenvalue weighted by Gasteiger charge is -2.35. The van der Waals surface area contributed by atoms with Gasteiger partial charge in [-0.05, 0) is 38.9 Å². The predicted octanol–water partition coefficient (Wildman–Crippen LogP) is 3.55. The average Bonchev–Trinajstić information content (AvgIpc) is 2.39. The molecule has 2 heteroatoms. The van der Waals surface area contributed by atoms with E-state index in [0.717, 1.165) is 25.1 Å². The Morgan fingerprint density at radius 2 is 1.56 bits per heavy atom. The number of ketones is 1. The van der Waals surface area contributed by atoms with Gasteiger partial charge in [0, 0.05) is 5.56 Å². The van der Waals surface area contributed by atoms with Gasteiger partial charge in [0.1, 0.15) is 0 Å². The van der Waals surface area contributed by atoms with Crippen molar-refractivity contribution in [1.29, 1.82) is 0 Å². The Kier molecular flexibility index (Phi) is 5.09. The van der Waals surface area contributed by atoms with Crippen LogP contribution in [0.5, 0.6) is 0 Å². The number of rotatable bonds is 6. The van der Waals surface area contributed by atoms with E-state index < -0.39 is 5.54 Å². The van der Waals surface area contributed by atoms with Crippen molar-refractivity contribution >= 4 is 5.78 Å². The van der Waals surface area contributed by atoms with Gasteiger partial charge in [-0.25, -0.2) is 0 Å². The van der Waals surface area contributed by atoms with Crippen molar-refractivity contribution in [2.24, 2.45) is 0 Å². The lowest BCUT2D eigenvalue weighted by atomic mass is 9.90. The second kappa shape index (κ2) is 6.14. The van der Waals surface area contributed by atoms with Crippen LogP contribution in [0.3, 0.4) is 0 Å². The average molecular weight is 247 g/mol. The molecule has 1 aromatic rings. The Hall–Kier alpha value is -1.15. The predicted molar refractivity (Wildman–Crippen MR) is 77.2 cm³/mol. The number of carbonyl (C=O) groups is 1. The summed E-state index contributed by atoms with van der Waals surface area (Å²) in [6.45, 7) is 12.1. The standard InChI is InChI=1S/C16H25NO/c1-6-13-9-11-14(12-10-13)15(18)16(4,5)17(7-2)8-3/h9-12H,6-8H2,1-5H3. The van der Waals surface area contributed by atoms with Crippen LogP contribution in [0.25, 0.3) is 0 Å². The molecule has 0 bridgehead atoms. The molecule has 1 rings (SSSR count). The number of hydrogen-bond acceptors (Lipinski definition) is 2. The molecule has 0 aromatic heterocycles. The summed E-state index contributed by atoms with van der Waals surface area (Å²) < 4.78 is 0. The molecule has 0 atom stereocenters. The first-order valence-electron chi connectivity index (χ1n) is 6.86. The second-order valence-corrected chi connectivity index (χ2v) is 5.11. The Bertz CT molecular complexity index is 388. The molecule has 0 aliphatic rings. The van der Waals surface area contributed by atoms with Crippen molar-refractivity contribution in [1.82, 2.24) is 4.90 Å². The van der Waals surface area contributed by atoms with Crippen LogP contribution in [0, 0.1) is 0 Å². The molecule has 0 N–H and O–H groups in total. The third-order valence-corrected chi connectivity index (χ3v) is 3.73. The lowest BCUT2D eigenvalue weighted by Crippen LogP contribution is -2.49. The van der Waals surface area contributed by atoms with Gasteiger partial charge in [0.2, 0.25) is 0 Å². The zero-order chi connectivity index (χ0) is 13.8. The van der Waals surface area contributed by atoms with Gasteiger partial charge in [-0.15, -0.1) is 0 Å². The molecule has 0 saturated carbocycles. The van der Waals surface area contributed by atoms with E-state index in [9.17, 15) is 4.79 Å². The molecule has 0 saturated heterocycles. The van der Waals surface area contributed by atoms with E-state index in [0.29, 0.717) is 0 Å². The third kappa shape index (κ3) is 2.99. The zero-order valence-electron chi connectivity index (χ0n) is 12.3. The third-order valence-electron chi connectivity index (χ3n) is 3.73. The minimum absolute atomic E-state index is 0.203. The van der Waals surface area contributed by atoms with E-state index in [2.05, 4.69) is 25.7 Å². The maximum Gasteiger partial charge on any atom is 0.182 e. The molecule has 0 heterocycles. The molecule has 100 valence electrons. The zero-order valence-corrected chi connectivity index (χ0v) is 12.3. The van der Waals surface area contributed by atoms with Crippen molar-refractivity contribution < 1.29 is 4.79 Å². The molecule has 0 amide bonds. The van der Waals surface area contributed by atoms with Crippen LogP contribution in [0.4, 0.5) is 0 Å². The Morgan fingerprint density at radius 3 is 1.94 bits per heavy atom. The fourth-order valence-electron chi connectivity index (χ4n) is 2.40. The highest BCUT2D eigenvalue weighted by molar-refractivity contribution is 6.02.